The van der Waals surface area contributed by atoms with Crippen LogP contribution in [0.1, 0.15) is 12.8 Å². The number of hydrogen-bond donors (Lipinski definition) is 1. The second-order valence-corrected chi connectivity index (χ2v) is 5.30. The van der Waals surface area contributed by atoms with Crippen molar-refractivity contribution < 1.29 is 4.21 Å². The first-order valence-electron chi connectivity index (χ1n) is 4.42. The Kier molecular flexibility index (Phi) is 2.28. The van der Waals surface area contributed by atoms with Crippen molar-refractivity contribution in [2.24, 2.45) is 11.8 Å². The first-order chi connectivity index (χ1) is 5.36. The third kappa shape index (κ3) is 1.64. The molecule has 0 radical (unpaired) electrons. The van der Waals surface area contributed by atoms with Crippen LogP contribution in [0.5, 0.6) is 0 Å². The van der Waals surface area contributed by atoms with Gasteiger partial charge in [0, 0.05) is 22.3 Å². The van der Waals surface area contributed by atoms with E-state index >= 15 is 0 Å². The van der Waals surface area contributed by atoms with Crippen LogP contribution in [0.25, 0.3) is 0 Å². The van der Waals surface area contributed by atoms with Crippen molar-refractivity contribution in [3.05, 3.63) is 0 Å². The molecule has 0 bridgehead atoms. The van der Waals surface area contributed by atoms with Crippen LogP contribution in [0.4, 0.5) is 0 Å². The van der Waals surface area contributed by atoms with E-state index in [2.05, 4.69) is 5.32 Å². The average molecular weight is 173 g/mol. The SMILES string of the molecule is O=S1CCC(C2CNC2)CC1. The van der Waals surface area contributed by atoms with E-state index < -0.39 is 10.8 Å². The maximum atomic E-state index is 11.0. The highest BCUT2D eigenvalue weighted by Crippen LogP contribution is 2.27. The molecule has 0 atom stereocenters. The molecule has 0 saturated carbocycles. The molecule has 2 nitrogen and oxygen atoms in total. The molecule has 0 amide bonds. The molecule has 0 aromatic heterocycles. The second-order valence-electron chi connectivity index (χ2n) is 3.60. The van der Waals surface area contributed by atoms with Gasteiger partial charge < -0.3 is 5.32 Å². The molecule has 1 N–H and O–H groups in total. The van der Waals surface area contributed by atoms with Gasteiger partial charge in [0.05, 0.1) is 0 Å². The van der Waals surface area contributed by atoms with Gasteiger partial charge in [-0.1, -0.05) is 0 Å². The summed E-state index contributed by atoms with van der Waals surface area (Å²) in [5, 5.41) is 3.29. The number of hydrogen-bond acceptors (Lipinski definition) is 2. The lowest BCUT2D eigenvalue weighted by Crippen LogP contribution is -2.47. The van der Waals surface area contributed by atoms with Crippen molar-refractivity contribution in [2.45, 2.75) is 12.8 Å². The molecule has 2 rings (SSSR count). The Balaban J connectivity index is 1.82. The van der Waals surface area contributed by atoms with E-state index in [1.807, 2.05) is 0 Å². The topological polar surface area (TPSA) is 29.1 Å². The van der Waals surface area contributed by atoms with Crippen molar-refractivity contribution in [3.8, 4) is 0 Å². The summed E-state index contributed by atoms with van der Waals surface area (Å²) >= 11 is 0. The van der Waals surface area contributed by atoms with Gasteiger partial charge in [-0.25, -0.2) is 0 Å². The van der Waals surface area contributed by atoms with Crippen molar-refractivity contribution in [2.75, 3.05) is 24.6 Å². The molecule has 0 aliphatic carbocycles. The van der Waals surface area contributed by atoms with E-state index in [-0.39, 0.29) is 0 Å². The average Bonchev–Trinajstić information content (AvgIpc) is 1.90. The van der Waals surface area contributed by atoms with Gasteiger partial charge in [-0.05, 0) is 37.8 Å². The summed E-state index contributed by atoms with van der Waals surface area (Å²) < 4.78 is 11.0. The molecule has 2 heterocycles. The van der Waals surface area contributed by atoms with E-state index in [4.69, 9.17) is 0 Å². The van der Waals surface area contributed by atoms with Crippen molar-refractivity contribution in [1.29, 1.82) is 0 Å². The summed E-state index contributed by atoms with van der Waals surface area (Å²) in [7, 11) is -0.476. The van der Waals surface area contributed by atoms with Gasteiger partial charge in [-0.3, -0.25) is 4.21 Å². The summed E-state index contributed by atoms with van der Waals surface area (Å²) in [6.45, 7) is 2.41. The third-order valence-electron chi connectivity index (χ3n) is 2.91. The fourth-order valence-corrected chi connectivity index (χ4v) is 3.26. The Morgan fingerprint density at radius 1 is 1.09 bits per heavy atom. The first-order valence-corrected chi connectivity index (χ1v) is 5.91. The van der Waals surface area contributed by atoms with Crippen molar-refractivity contribution in [3.63, 3.8) is 0 Å². The Morgan fingerprint density at radius 2 is 1.73 bits per heavy atom. The van der Waals surface area contributed by atoms with Crippen molar-refractivity contribution in [1.82, 2.24) is 5.32 Å². The predicted molar refractivity (Wildman–Crippen MR) is 47.0 cm³/mol. The fourth-order valence-electron chi connectivity index (χ4n) is 1.93. The molecule has 64 valence electrons. The van der Waals surface area contributed by atoms with Crippen LogP contribution in [0.2, 0.25) is 0 Å². The number of nitrogens with one attached hydrogen (secondary N) is 1. The molecule has 0 spiro atoms. The highest BCUT2D eigenvalue weighted by molar-refractivity contribution is 7.85. The Hall–Kier alpha value is 0.110. The Morgan fingerprint density at radius 3 is 2.18 bits per heavy atom. The summed E-state index contributed by atoms with van der Waals surface area (Å²) in [5.41, 5.74) is 0. The Bertz CT molecular complexity index is 157. The van der Waals surface area contributed by atoms with Gasteiger partial charge >= 0.3 is 0 Å². The zero-order valence-corrected chi connectivity index (χ0v) is 7.53. The van der Waals surface area contributed by atoms with E-state index in [9.17, 15) is 4.21 Å². The van der Waals surface area contributed by atoms with Gasteiger partial charge in [-0.2, -0.15) is 0 Å². The fraction of sp³-hybridized carbons (Fsp3) is 1.00. The minimum atomic E-state index is -0.476. The molecule has 3 heteroatoms. The molecular formula is C8H15NOS. The molecule has 0 aromatic rings. The molecule has 0 unspecified atom stereocenters. The smallest absolute Gasteiger partial charge is 0.0237 e. The molecule has 2 aliphatic heterocycles. The summed E-state index contributed by atoms with van der Waals surface area (Å²) in [6.07, 6.45) is 2.41. The van der Waals surface area contributed by atoms with E-state index in [0.717, 1.165) is 23.3 Å². The lowest BCUT2D eigenvalue weighted by Gasteiger charge is -2.36. The van der Waals surface area contributed by atoms with Crippen LogP contribution in [-0.2, 0) is 10.8 Å². The lowest BCUT2D eigenvalue weighted by molar-refractivity contribution is 0.220. The first kappa shape index (κ1) is 7.74. The van der Waals surface area contributed by atoms with E-state index in [1.165, 1.54) is 25.9 Å². The van der Waals surface area contributed by atoms with Crippen LogP contribution in [-0.4, -0.2) is 28.8 Å². The quantitative estimate of drug-likeness (QED) is 0.620. The monoisotopic (exact) mass is 173 g/mol. The van der Waals surface area contributed by atoms with Crippen LogP contribution >= 0.6 is 0 Å². The van der Waals surface area contributed by atoms with Crippen LogP contribution in [0, 0.1) is 11.8 Å². The van der Waals surface area contributed by atoms with Gasteiger partial charge in [0.1, 0.15) is 0 Å². The molecule has 2 aliphatic rings. The highest BCUT2D eigenvalue weighted by atomic mass is 32.2. The molecular weight excluding hydrogens is 158 g/mol. The van der Waals surface area contributed by atoms with E-state index in [0.29, 0.717) is 0 Å². The van der Waals surface area contributed by atoms with Gasteiger partial charge in [-0.15, -0.1) is 0 Å². The maximum absolute atomic E-state index is 11.0. The predicted octanol–water partition coefficient (Wildman–Crippen LogP) is 0.365. The maximum Gasteiger partial charge on any atom is 0.0237 e. The highest BCUT2D eigenvalue weighted by Gasteiger charge is 2.29. The van der Waals surface area contributed by atoms with Crippen molar-refractivity contribution >= 4 is 10.8 Å². The lowest BCUT2D eigenvalue weighted by atomic mass is 9.83. The van der Waals surface area contributed by atoms with Gasteiger partial charge in [0.2, 0.25) is 0 Å². The second kappa shape index (κ2) is 3.23. The summed E-state index contributed by atoms with van der Waals surface area (Å²) in [4.78, 5) is 0. The Labute approximate surface area is 70.2 Å². The molecule has 11 heavy (non-hydrogen) atoms. The molecule has 2 saturated heterocycles. The zero-order valence-electron chi connectivity index (χ0n) is 6.71. The van der Waals surface area contributed by atoms with Gasteiger partial charge in [0.25, 0.3) is 0 Å². The van der Waals surface area contributed by atoms with E-state index in [1.54, 1.807) is 0 Å². The minimum Gasteiger partial charge on any atom is -0.316 e. The van der Waals surface area contributed by atoms with Crippen LogP contribution in [0.3, 0.4) is 0 Å². The minimum absolute atomic E-state index is 0.476. The normalized spacial score (nSPS) is 40.0. The summed E-state index contributed by atoms with van der Waals surface area (Å²) in [5.74, 6) is 3.71. The number of rotatable bonds is 1. The third-order valence-corrected chi connectivity index (χ3v) is 4.29. The van der Waals surface area contributed by atoms with Gasteiger partial charge in [0.15, 0.2) is 0 Å². The molecule has 0 aromatic carbocycles. The summed E-state index contributed by atoms with van der Waals surface area (Å²) in [6, 6.07) is 0. The zero-order chi connectivity index (χ0) is 7.68. The standard InChI is InChI=1S/C8H15NOS/c10-11-3-1-7(2-4-11)8-5-9-6-8/h7-9H,1-6H2. The largest absolute Gasteiger partial charge is 0.316 e. The van der Waals surface area contributed by atoms with Crippen LogP contribution < -0.4 is 5.32 Å². The van der Waals surface area contributed by atoms with Crippen LogP contribution in [0.15, 0.2) is 0 Å². The molecule has 2 fully saturated rings.